The van der Waals surface area contributed by atoms with Gasteiger partial charge in [0.15, 0.2) is 0 Å². The highest BCUT2D eigenvalue weighted by atomic mass is 35.5. The Morgan fingerprint density at radius 1 is 1.30 bits per heavy atom. The van der Waals surface area contributed by atoms with E-state index in [2.05, 4.69) is 10.5 Å². The smallest absolute Gasteiger partial charge is 0.274 e. The normalized spacial score (nSPS) is 18.1. The van der Waals surface area contributed by atoms with Gasteiger partial charge in [0.2, 0.25) is 5.91 Å². The molecule has 6 heteroatoms. The Bertz CT molecular complexity index is 612. The number of carbonyl (C=O) groups excluding carboxylic acids is 2. The summed E-state index contributed by atoms with van der Waals surface area (Å²) in [5.41, 5.74) is 4.75. The van der Waals surface area contributed by atoms with Crippen LogP contribution < -0.4 is 10.3 Å². The molecule has 2 amide bonds. The summed E-state index contributed by atoms with van der Waals surface area (Å²) in [6.45, 7) is 0.667. The molecule has 20 heavy (non-hydrogen) atoms. The molecule has 1 N–H and O–H groups in total. The third-order valence-electron chi connectivity index (χ3n) is 3.56. The summed E-state index contributed by atoms with van der Waals surface area (Å²) in [7, 11) is 0. The van der Waals surface area contributed by atoms with Crippen molar-refractivity contribution in [3.63, 3.8) is 0 Å². The highest BCUT2D eigenvalue weighted by Crippen LogP contribution is 2.30. The number of carbonyl (C=O) groups is 2. The number of hydrazone groups is 1. The van der Waals surface area contributed by atoms with Crippen LogP contribution in [0.3, 0.4) is 0 Å². The molecule has 0 spiro atoms. The summed E-state index contributed by atoms with van der Waals surface area (Å²) in [4.78, 5) is 25.3. The second-order valence-electron chi connectivity index (χ2n) is 4.93. The molecule has 3 rings (SSSR count). The lowest BCUT2D eigenvalue weighted by atomic mass is 10.0. The average Bonchev–Trinajstić information content (AvgIpc) is 2.46. The van der Waals surface area contributed by atoms with Gasteiger partial charge >= 0.3 is 0 Å². The number of hydrogen-bond acceptors (Lipinski definition) is 3. The molecule has 0 unspecified atom stereocenters. The Morgan fingerprint density at radius 3 is 2.90 bits per heavy atom. The van der Waals surface area contributed by atoms with Crippen molar-refractivity contribution in [2.24, 2.45) is 5.10 Å². The topological polar surface area (TPSA) is 61.8 Å². The Labute approximate surface area is 121 Å². The monoisotopic (exact) mass is 291 g/mol. The minimum Gasteiger partial charge on any atom is -0.307 e. The summed E-state index contributed by atoms with van der Waals surface area (Å²) in [5.74, 6) is -0.277. The van der Waals surface area contributed by atoms with Crippen molar-refractivity contribution >= 4 is 34.8 Å². The highest BCUT2D eigenvalue weighted by Gasteiger charge is 2.27. The van der Waals surface area contributed by atoms with Crippen molar-refractivity contribution in [2.45, 2.75) is 25.7 Å². The molecule has 1 aromatic carbocycles. The number of fused-ring (bicyclic) bond motifs is 1. The lowest BCUT2D eigenvalue weighted by Crippen LogP contribution is -2.42. The van der Waals surface area contributed by atoms with Crippen LogP contribution in [0.4, 0.5) is 5.69 Å². The minimum atomic E-state index is -0.146. The second kappa shape index (κ2) is 5.25. The van der Waals surface area contributed by atoms with Gasteiger partial charge < -0.3 is 4.90 Å². The molecule has 0 saturated carbocycles. The third kappa shape index (κ3) is 2.41. The fourth-order valence-electron chi connectivity index (χ4n) is 2.56. The predicted octanol–water partition coefficient (Wildman–Crippen LogP) is 1.89. The number of nitrogens with zero attached hydrogens (tertiary/aromatic N) is 2. The van der Waals surface area contributed by atoms with E-state index in [1.54, 1.807) is 11.0 Å². The molecule has 0 radical (unpaired) electrons. The van der Waals surface area contributed by atoms with Gasteiger partial charge in [-0.15, -0.1) is 0 Å². The number of anilines is 1. The fraction of sp³-hybridized carbons (Fsp3) is 0.357. The number of rotatable bonds is 1. The zero-order valence-electron chi connectivity index (χ0n) is 10.9. The van der Waals surface area contributed by atoms with Crippen LogP contribution in [0.15, 0.2) is 23.3 Å². The van der Waals surface area contributed by atoms with E-state index in [1.807, 2.05) is 12.1 Å². The summed E-state index contributed by atoms with van der Waals surface area (Å²) in [6, 6.07) is 5.56. The van der Waals surface area contributed by atoms with E-state index in [1.165, 1.54) is 0 Å². The second-order valence-corrected chi connectivity index (χ2v) is 5.36. The molecule has 0 atom stereocenters. The van der Waals surface area contributed by atoms with Gasteiger partial charge in [-0.05, 0) is 36.6 Å². The Hall–Kier alpha value is -1.88. The van der Waals surface area contributed by atoms with Crippen molar-refractivity contribution in [1.82, 2.24) is 5.43 Å². The molecule has 0 aliphatic carbocycles. The van der Waals surface area contributed by atoms with Crippen molar-refractivity contribution in [3.05, 3.63) is 28.8 Å². The Kier molecular flexibility index (Phi) is 3.44. The summed E-state index contributed by atoms with van der Waals surface area (Å²) >= 11 is 5.99. The molecule has 2 aliphatic rings. The molecule has 1 aromatic rings. The zero-order chi connectivity index (χ0) is 14.1. The largest absolute Gasteiger partial charge is 0.307 e. The Balaban J connectivity index is 1.89. The van der Waals surface area contributed by atoms with E-state index in [0.717, 1.165) is 24.1 Å². The number of hydrogen-bond donors (Lipinski definition) is 1. The highest BCUT2D eigenvalue weighted by molar-refractivity contribution is 6.44. The van der Waals surface area contributed by atoms with Crippen molar-refractivity contribution in [3.8, 4) is 0 Å². The van der Waals surface area contributed by atoms with Gasteiger partial charge in [0, 0.05) is 30.1 Å². The maximum absolute atomic E-state index is 12.5. The van der Waals surface area contributed by atoms with Gasteiger partial charge in [-0.3, -0.25) is 9.59 Å². The van der Waals surface area contributed by atoms with Gasteiger partial charge in [-0.1, -0.05) is 11.6 Å². The van der Waals surface area contributed by atoms with Crippen LogP contribution in [-0.2, 0) is 16.0 Å². The first-order valence-electron chi connectivity index (χ1n) is 6.61. The molecule has 2 heterocycles. The average molecular weight is 292 g/mol. The first-order valence-corrected chi connectivity index (χ1v) is 6.98. The van der Waals surface area contributed by atoms with Crippen LogP contribution >= 0.6 is 11.6 Å². The predicted molar refractivity (Wildman–Crippen MR) is 76.9 cm³/mol. The molecule has 0 saturated heterocycles. The van der Waals surface area contributed by atoms with Crippen LogP contribution in [-0.4, -0.2) is 24.1 Å². The van der Waals surface area contributed by atoms with Crippen LogP contribution in [0.25, 0.3) is 0 Å². The molecular formula is C14H14ClN3O2. The summed E-state index contributed by atoms with van der Waals surface area (Å²) in [6.07, 6.45) is 2.53. The van der Waals surface area contributed by atoms with Crippen LogP contribution in [0.1, 0.15) is 24.8 Å². The molecule has 0 bridgehead atoms. The van der Waals surface area contributed by atoms with Crippen LogP contribution in [0, 0.1) is 0 Å². The number of nitrogens with one attached hydrogen (secondary N) is 1. The van der Waals surface area contributed by atoms with Gasteiger partial charge in [0.25, 0.3) is 5.91 Å². The number of benzene rings is 1. The molecular weight excluding hydrogens is 278 g/mol. The van der Waals surface area contributed by atoms with Gasteiger partial charge in [-0.2, -0.15) is 5.10 Å². The number of amides is 2. The molecule has 0 aromatic heterocycles. The molecule has 104 valence electrons. The molecule has 2 aliphatic heterocycles. The quantitative estimate of drug-likeness (QED) is 0.859. The minimum absolute atomic E-state index is 0.131. The zero-order valence-corrected chi connectivity index (χ0v) is 11.6. The number of aryl methyl sites for hydroxylation is 1. The number of halogens is 1. The van der Waals surface area contributed by atoms with Gasteiger partial charge in [0.1, 0.15) is 5.71 Å². The van der Waals surface area contributed by atoms with E-state index in [4.69, 9.17) is 11.6 Å². The fourth-order valence-corrected chi connectivity index (χ4v) is 2.76. The van der Waals surface area contributed by atoms with E-state index in [9.17, 15) is 9.59 Å². The first kappa shape index (κ1) is 13.1. The maximum atomic E-state index is 12.5. The van der Waals surface area contributed by atoms with E-state index < -0.39 is 0 Å². The standard InChI is InChI=1S/C14H14ClN3O2/c15-10-3-5-12-9(8-10)2-1-7-18(12)14(20)11-4-6-13(19)17-16-11/h3,5,8H,1-2,4,6-7H2,(H,17,19). The molecule has 0 fully saturated rings. The van der Waals surface area contributed by atoms with Crippen LogP contribution in [0.2, 0.25) is 5.02 Å². The van der Waals surface area contributed by atoms with E-state index in [0.29, 0.717) is 30.1 Å². The van der Waals surface area contributed by atoms with Crippen molar-refractivity contribution < 1.29 is 9.59 Å². The first-order chi connectivity index (χ1) is 9.65. The Morgan fingerprint density at radius 2 is 2.15 bits per heavy atom. The lowest BCUT2D eigenvalue weighted by molar-refractivity contribution is -0.121. The van der Waals surface area contributed by atoms with Crippen molar-refractivity contribution in [1.29, 1.82) is 0 Å². The van der Waals surface area contributed by atoms with Crippen LogP contribution in [0.5, 0.6) is 0 Å². The van der Waals surface area contributed by atoms with Gasteiger partial charge in [-0.25, -0.2) is 5.43 Å². The van der Waals surface area contributed by atoms with Crippen molar-refractivity contribution in [2.75, 3.05) is 11.4 Å². The SMILES string of the molecule is O=C1CCC(C(=O)N2CCCc3cc(Cl)ccc32)=NN1. The molecule has 5 nitrogen and oxygen atoms in total. The summed E-state index contributed by atoms with van der Waals surface area (Å²) < 4.78 is 0. The third-order valence-corrected chi connectivity index (χ3v) is 3.79. The van der Waals surface area contributed by atoms with E-state index in [-0.39, 0.29) is 11.8 Å². The lowest BCUT2D eigenvalue weighted by Gasteiger charge is -2.30. The van der Waals surface area contributed by atoms with E-state index >= 15 is 0 Å². The maximum Gasteiger partial charge on any atom is 0.274 e. The van der Waals surface area contributed by atoms with Gasteiger partial charge in [0.05, 0.1) is 0 Å². The summed E-state index contributed by atoms with van der Waals surface area (Å²) in [5, 5.41) is 4.56.